The van der Waals surface area contributed by atoms with Crippen LogP contribution in [0.5, 0.6) is 11.5 Å². The highest BCUT2D eigenvalue weighted by molar-refractivity contribution is 7.89. The lowest BCUT2D eigenvalue weighted by Crippen LogP contribution is -2.37. The third-order valence-electron chi connectivity index (χ3n) is 3.56. The van der Waals surface area contributed by atoms with Crippen molar-refractivity contribution in [1.82, 2.24) is 4.72 Å². The maximum atomic E-state index is 12.4. The molecule has 0 bridgehead atoms. The van der Waals surface area contributed by atoms with Crippen molar-refractivity contribution in [3.63, 3.8) is 0 Å². The standard InChI is InChI=1S/C13H16ClNO4S/c14-10-2-1-3-11(10)15-20(16,17)9-4-5-12-13(8-9)19-7-6-18-12/h4-5,8,10-11,15H,1-3,6-7H2. The van der Waals surface area contributed by atoms with Gasteiger partial charge in [-0.25, -0.2) is 13.1 Å². The van der Waals surface area contributed by atoms with Gasteiger partial charge >= 0.3 is 0 Å². The largest absolute Gasteiger partial charge is 0.486 e. The van der Waals surface area contributed by atoms with Crippen LogP contribution in [0, 0.1) is 0 Å². The summed E-state index contributed by atoms with van der Waals surface area (Å²) in [7, 11) is -3.58. The van der Waals surface area contributed by atoms with Gasteiger partial charge in [0.2, 0.25) is 10.0 Å². The lowest BCUT2D eigenvalue weighted by Gasteiger charge is -2.20. The Balaban J connectivity index is 1.83. The molecule has 5 nitrogen and oxygen atoms in total. The SMILES string of the molecule is O=S(=O)(NC1CCCC1Cl)c1ccc2c(c1)OCCO2. The second kappa shape index (κ2) is 5.42. The summed E-state index contributed by atoms with van der Waals surface area (Å²) in [6, 6.07) is 4.44. The first kappa shape index (κ1) is 14.0. The Bertz CT molecular complexity index is 604. The Morgan fingerprint density at radius 1 is 1.15 bits per heavy atom. The number of ether oxygens (including phenoxy) is 2. The van der Waals surface area contributed by atoms with Gasteiger partial charge in [-0.2, -0.15) is 0 Å². The Kier molecular flexibility index (Phi) is 3.79. The second-order valence-electron chi connectivity index (χ2n) is 4.98. The molecule has 110 valence electrons. The van der Waals surface area contributed by atoms with Crippen molar-refractivity contribution in [2.45, 2.75) is 35.6 Å². The summed E-state index contributed by atoms with van der Waals surface area (Å²) in [6.07, 6.45) is 2.57. The fourth-order valence-corrected chi connectivity index (χ4v) is 4.25. The zero-order valence-electron chi connectivity index (χ0n) is 10.8. The van der Waals surface area contributed by atoms with Gasteiger partial charge in [-0.15, -0.1) is 11.6 Å². The molecule has 7 heteroatoms. The summed E-state index contributed by atoms with van der Waals surface area (Å²) in [6.45, 7) is 0.906. The maximum Gasteiger partial charge on any atom is 0.241 e. The highest BCUT2D eigenvalue weighted by Crippen LogP contribution is 2.33. The first-order chi connectivity index (χ1) is 9.56. The van der Waals surface area contributed by atoms with Crippen molar-refractivity contribution in [3.05, 3.63) is 18.2 Å². The molecule has 20 heavy (non-hydrogen) atoms. The molecule has 1 fully saturated rings. The number of nitrogens with one attached hydrogen (secondary N) is 1. The van der Waals surface area contributed by atoms with Crippen LogP contribution in [0.3, 0.4) is 0 Å². The van der Waals surface area contributed by atoms with E-state index in [1.807, 2.05) is 0 Å². The number of sulfonamides is 1. The number of hydrogen-bond donors (Lipinski definition) is 1. The van der Waals surface area contributed by atoms with Crippen LogP contribution < -0.4 is 14.2 Å². The average Bonchev–Trinajstić information content (AvgIpc) is 2.83. The molecule has 1 aromatic rings. The third-order valence-corrected chi connectivity index (χ3v) is 5.57. The molecule has 0 radical (unpaired) electrons. The molecule has 2 atom stereocenters. The van der Waals surface area contributed by atoms with E-state index in [0.29, 0.717) is 24.7 Å². The smallest absolute Gasteiger partial charge is 0.241 e. The molecule has 3 rings (SSSR count). The van der Waals surface area contributed by atoms with Gasteiger partial charge in [0.1, 0.15) is 13.2 Å². The monoisotopic (exact) mass is 317 g/mol. The molecule has 1 heterocycles. The lowest BCUT2D eigenvalue weighted by atomic mass is 10.3. The Morgan fingerprint density at radius 2 is 1.90 bits per heavy atom. The quantitative estimate of drug-likeness (QED) is 0.865. The van der Waals surface area contributed by atoms with Gasteiger partial charge in [-0.3, -0.25) is 0 Å². The van der Waals surface area contributed by atoms with E-state index in [9.17, 15) is 8.42 Å². The summed E-state index contributed by atoms with van der Waals surface area (Å²) < 4.78 is 38.2. The maximum absolute atomic E-state index is 12.4. The van der Waals surface area contributed by atoms with Gasteiger partial charge in [0.15, 0.2) is 11.5 Å². The molecular weight excluding hydrogens is 302 g/mol. The molecular formula is C13H16ClNO4S. The van der Waals surface area contributed by atoms with Crippen LogP contribution in [0.15, 0.2) is 23.1 Å². The lowest BCUT2D eigenvalue weighted by molar-refractivity contribution is 0.171. The minimum Gasteiger partial charge on any atom is -0.486 e. The van der Waals surface area contributed by atoms with Gasteiger partial charge < -0.3 is 9.47 Å². The normalized spacial score (nSPS) is 25.6. The molecule has 1 saturated carbocycles. The minimum atomic E-state index is -3.58. The van der Waals surface area contributed by atoms with Gasteiger partial charge in [0.05, 0.1) is 4.90 Å². The van der Waals surface area contributed by atoms with E-state index < -0.39 is 10.0 Å². The molecule has 0 aromatic heterocycles. The summed E-state index contributed by atoms with van der Waals surface area (Å²) >= 11 is 6.12. The predicted octanol–water partition coefficient (Wildman–Crippen LogP) is 1.90. The molecule has 1 aromatic carbocycles. The molecule has 2 unspecified atom stereocenters. The van der Waals surface area contributed by atoms with Crippen LogP contribution in [0.1, 0.15) is 19.3 Å². The van der Waals surface area contributed by atoms with Crippen molar-refractivity contribution < 1.29 is 17.9 Å². The van der Waals surface area contributed by atoms with Crippen LogP contribution in [0.2, 0.25) is 0 Å². The highest BCUT2D eigenvalue weighted by Gasteiger charge is 2.30. The number of rotatable bonds is 3. The first-order valence-corrected chi connectivity index (χ1v) is 8.54. The van der Waals surface area contributed by atoms with Crippen molar-refractivity contribution in [3.8, 4) is 11.5 Å². The number of halogens is 1. The van der Waals surface area contributed by atoms with E-state index >= 15 is 0 Å². The van der Waals surface area contributed by atoms with Crippen LogP contribution in [0.25, 0.3) is 0 Å². The van der Waals surface area contributed by atoms with Crippen LogP contribution in [-0.2, 0) is 10.0 Å². The average molecular weight is 318 g/mol. The molecule has 1 aliphatic carbocycles. The van der Waals surface area contributed by atoms with Crippen LogP contribution >= 0.6 is 11.6 Å². The fourth-order valence-electron chi connectivity index (χ4n) is 2.51. The van der Waals surface area contributed by atoms with Crippen molar-refractivity contribution in [1.29, 1.82) is 0 Å². The summed E-state index contributed by atoms with van der Waals surface area (Å²) in [5.74, 6) is 1.04. The van der Waals surface area contributed by atoms with Gasteiger partial charge in [0.25, 0.3) is 0 Å². The number of alkyl halides is 1. The van der Waals surface area contributed by atoms with Crippen molar-refractivity contribution in [2.75, 3.05) is 13.2 Å². The Morgan fingerprint density at radius 3 is 2.60 bits per heavy atom. The van der Waals surface area contributed by atoms with Gasteiger partial charge in [-0.1, -0.05) is 6.42 Å². The van der Waals surface area contributed by atoms with Gasteiger partial charge in [-0.05, 0) is 25.0 Å². The number of fused-ring (bicyclic) bond motifs is 1. The highest BCUT2D eigenvalue weighted by atomic mass is 35.5. The molecule has 1 N–H and O–H groups in total. The predicted molar refractivity (Wildman–Crippen MR) is 75.0 cm³/mol. The second-order valence-corrected chi connectivity index (χ2v) is 7.25. The zero-order valence-corrected chi connectivity index (χ0v) is 12.4. The topological polar surface area (TPSA) is 64.6 Å². The van der Waals surface area contributed by atoms with Crippen LogP contribution in [0.4, 0.5) is 0 Å². The molecule has 1 aliphatic heterocycles. The van der Waals surface area contributed by atoms with E-state index in [1.54, 1.807) is 6.07 Å². The van der Waals surface area contributed by atoms with E-state index in [4.69, 9.17) is 21.1 Å². The van der Waals surface area contributed by atoms with Crippen molar-refractivity contribution in [2.24, 2.45) is 0 Å². The zero-order chi connectivity index (χ0) is 14.2. The fraction of sp³-hybridized carbons (Fsp3) is 0.538. The molecule has 0 saturated heterocycles. The molecule has 0 amide bonds. The summed E-state index contributed by atoms with van der Waals surface area (Å²) in [5.41, 5.74) is 0. The van der Waals surface area contributed by atoms with E-state index in [1.165, 1.54) is 12.1 Å². The van der Waals surface area contributed by atoms with Crippen LogP contribution in [-0.4, -0.2) is 33.1 Å². The Hall–Kier alpha value is -0.980. The van der Waals surface area contributed by atoms with E-state index in [-0.39, 0.29) is 16.3 Å². The first-order valence-electron chi connectivity index (χ1n) is 6.62. The molecule has 0 spiro atoms. The number of benzene rings is 1. The van der Waals surface area contributed by atoms with E-state index in [2.05, 4.69) is 4.72 Å². The minimum absolute atomic E-state index is 0.137. The summed E-state index contributed by atoms with van der Waals surface area (Å²) in [5, 5.41) is -0.137. The summed E-state index contributed by atoms with van der Waals surface area (Å²) in [4.78, 5) is 0.178. The Labute approximate surface area is 123 Å². The van der Waals surface area contributed by atoms with Gasteiger partial charge in [0, 0.05) is 17.5 Å². The third kappa shape index (κ3) is 2.73. The molecule has 2 aliphatic rings. The van der Waals surface area contributed by atoms with Crippen molar-refractivity contribution >= 4 is 21.6 Å². The van der Waals surface area contributed by atoms with E-state index in [0.717, 1.165) is 19.3 Å². The number of hydrogen-bond acceptors (Lipinski definition) is 4.